The molecular formula is C19H22N4O2. The van der Waals surface area contributed by atoms with Crippen molar-refractivity contribution >= 4 is 16.8 Å². The Morgan fingerprint density at radius 2 is 1.96 bits per heavy atom. The minimum atomic E-state index is 0.0961. The number of aryl methyl sites for hydroxylation is 1. The second kappa shape index (κ2) is 7.03. The summed E-state index contributed by atoms with van der Waals surface area (Å²) in [6.07, 6.45) is 1.29. The molecule has 130 valence electrons. The number of ketones is 1. The van der Waals surface area contributed by atoms with Gasteiger partial charge in [-0.15, -0.1) is 0 Å². The molecule has 1 aromatic carbocycles. The second-order valence-electron chi connectivity index (χ2n) is 6.48. The van der Waals surface area contributed by atoms with Gasteiger partial charge in [0, 0.05) is 23.2 Å². The van der Waals surface area contributed by atoms with Crippen LogP contribution in [0.25, 0.3) is 22.3 Å². The molecule has 3 aromatic rings. The molecule has 0 saturated carbocycles. The van der Waals surface area contributed by atoms with Crippen molar-refractivity contribution in [3.8, 4) is 17.0 Å². The third kappa shape index (κ3) is 3.69. The molecule has 0 unspecified atom stereocenters. The van der Waals surface area contributed by atoms with E-state index in [9.17, 15) is 9.90 Å². The average Bonchev–Trinajstić information content (AvgIpc) is 2.95. The summed E-state index contributed by atoms with van der Waals surface area (Å²) in [5, 5.41) is 17.4. The molecule has 6 nitrogen and oxygen atoms in total. The van der Waals surface area contributed by atoms with Crippen LogP contribution in [0.3, 0.4) is 0 Å². The van der Waals surface area contributed by atoms with Gasteiger partial charge < -0.3 is 10.0 Å². The number of phenolic OH excluding ortho intramolecular Hbond substituents is 1. The van der Waals surface area contributed by atoms with Gasteiger partial charge in [-0.25, -0.2) is 4.98 Å². The zero-order valence-electron chi connectivity index (χ0n) is 14.7. The van der Waals surface area contributed by atoms with Crippen molar-refractivity contribution in [1.82, 2.24) is 20.1 Å². The number of aromatic hydroxyl groups is 1. The average molecular weight is 338 g/mol. The summed E-state index contributed by atoms with van der Waals surface area (Å²) in [6.45, 7) is 2.77. The predicted octanol–water partition coefficient (Wildman–Crippen LogP) is 3.16. The molecule has 2 aromatic heterocycles. The fraction of sp³-hybridized carbons (Fsp3) is 0.316. The first kappa shape index (κ1) is 17.1. The Bertz CT molecular complexity index is 898. The van der Waals surface area contributed by atoms with E-state index in [1.54, 1.807) is 24.3 Å². The van der Waals surface area contributed by atoms with Gasteiger partial charge in [0.25, 0.3) is 0 Å². The Kier molecular flexibility index (Phi) is 4.81. The number of rotatable bonds is 6. The molecule has 6 heteroatoms. The van der Waals surface area contributed by atoms with Gasteiger partial charge in [-0.1, -0.05) is 0 Å². The van der Waals surface area contributed by atoms with Crippen LogP contribution in [0.2, 0.25) is 0 Å². The van der Waals surface area contributed by atoms with Crippen LogP contribution in [0.15, 0.2) is 30.3 Å². The maximum absolute atomic E-state index is 12.8. The van der Waals surface area contributed by atoms with Crippen LogP contribution >= 0.6 is 0 Å². The molecule has 2 N–H and O–H groups in total. The maximum Gasteiger partial charge on any atom is 0.182 e. The number of phenols is 1. The van der Waals surface area contributed by atoms with Crippen molar-refractivity contribution in [3.63, 3.8) is 0 Å². The molecule has 3 rings (SSSR count). The lowest BCUT2D eigenvalue weighted by Gasteiger charge is -2.10. The number of aromatic amines is 1. The molecule has 0 spiro atoms. The standard InChI is InChI=1S/C19H22N4O2/c1-12-18-15(17(25)5-4-10-23(2)3)11-16(20-19(18)22-21-12)13-6-8-14(24)9-7-13/h6-9,11,24H,4-5,10H2,1-3H3,(H,20,21,22). The number of benzene rings is 1. The van der Waals surface area contributed by atoms with Crippen molar-refractivity contribution in [3.05, 3.63) is 41.6 Å². The highest BCUT2D eigenvalue weighted by Gasteiger charge is 2.17. The van der Waals surface area contributed by atoms with Gasteiger partial charge in [0.2, 0.25) is 0 Å². The van der Waals surface area contributed by atoms with Gasteiger partial charge in [0.15, 0.2) is 11.4 Å². The van der Waals surface area contributed by atoms with Gasteiger partial charge in [0.1, 0.15) is 5.75 Å². The van der Waals surface area contributed by atoms with Gasteiger partial charge in [-0.2, -0.15) is 5.10 Å². The number of Topliss-reactive ketones (excluding diaryl/α,β-unsaturated/α-hetero) is 1. The van der Waals surface area contributed by atoms with Crippen molar-refractivity contribution in [1.29, 1.82) is 0 Å². The highest BCUT2D eigenvalue weighted by atomic mass is 16.3. The van der Waals surface area contributed by atoms with Gasteiger partial charge in [0.05, 0.1) is 11.1 Å². The lowest BCUT2D eigenvalue weighted by molar-refractivity contribution is 0.0979. The number of carbonyl (C=O) groups excluding carboxylic acids is 1. The smallest absolute Gasteiger partial charge is 0.182 e. The lowest BCUT2D eigenvalue weighted by atomic mass is 10.00. The van der Waals surface area contributed by atoms with Crippen LogP contribution in [0.5, 0.6) is 5.75 Å². The van der Waals surface area contributed by atoms with E-state index in [4.69, 9.17) is 0 Å². The number of hydrogen-bond acceptors (Lipinski definition) is 5. The van der Waals surface area contributed by atoms with Crippen LogP contribution in [-0.2, 0) is 0 Å². The normalized spacial score (nSPS) is 11.4. The van der Waals surface area contributed by atoms with E-state index in [1.165, 1.54) is 0 Å². The Labute approximate surface area is 146 Å². The van der Waals surface area contributed by atoms with E-state index in [-0.39, 0.29) is 11.5 Å². The van der Waals surface area contributed by atoms with E-state index in [0.29, 0.717) is 23.3 Å². The molecule has 0 aliphatic heterocycles. The highest BCUT2D eigenvalue weighted by molar-refractivity contribution is 6.08. The van der Waals surface area contributed by atoms with Crippen molar-refractivity contribution in [2.45, 2.75) is 19.8 Å². The summed E-state index contributed by atoms with van der Waals surface area (Å²) in [4.78, 5) is 19.4. The van der Waals surface area contributed by atoms with Crippen LogP contribution in [0.1, 0.15) is 28.9 Å². The number of carbonyl (C=O) groups is 1. The molecule has 0 bridgehead atoms. The third-order valence-corrected chi connectivity index (χ3v) is 4.18. The molecule has 0 fully saturated rings. The first-order valence-corrected chi connectivity index (χ1v) is 8.29. The predicted molar refractivity (Wildman–Crippen MR) is 97.8 cm³/mol. The number of fused-ring (bicyclic) bond motifs is 1. The largest absolute Gasteiger partial charge is 0.508 e. The van der Waals surface area contributed by atoms with Crippen molar-refractivity contribution < 1.29 is 9.90 Å². The Hall–Kier alpha value is -2.73. The fourth-order valence-corrected chi connectivity index (χ4v) is 2.87. The fourth-order valence-electron chi connectivity index (χ4n) is 2.87. The maximum atomic E-state index is 12.8. The second-order valence-corrected chi connectivity index (χ2v) is 6.48. The summed E-state index contributed by atoms with van der Waals surface area (Å²) in [7, 11) is 4.00. The van der Waals surface area contributed by atoms with Crippen LogP contribution < -0.4 is 0 Å². The molecular weight excluding hydrogens is 316 g/mol. The van der Waals surface area contributed by atoms with Crippen LogP contribution in [0.4, 0.5) is 0 Å². The number of hydrogen-bond donors (Lipinski definition) is 2. The number of nitrogens with zero attached hydrogens (tertiary/aromatic N) is 3. The van der Waals surface area contributed by atoms with Crippen molar-refractivity contribution in [2.24, 2.45) is 0 Å². The lowest BCUT2D eigenvalue weighted by Crippen LogP contribution is -2.14. The van der Waals surface area contributed by atoms with E-state index in [2.05, 4.69) is 20.1 Å². The summed E-state index contributed by atoms with van der Waals surface area (Å²) >= 11 is 0. The Morgan fingerprint density at radius 3 is 2.64 bits per heavy atom. The molecule has 2 heterocycles. The summed E-state index contributed by atoms with van der Waals surface area (Å²) in [6, 6.07) is 8.60. The van der Waals surface area contributed by atoms with E-state index < -0.39 is 0 Å². The summed E-state index contributed by atoms with van der Waals surface area (Å²) in [5.41, 5.74) is 3.55. The van der Waals surface area contributed by atoms with Gasteiger partial charge >= 0.3 is 0 Å². The first-order valence-electron chi connectivity index (χ1n) is 8.29. The Morgan fingerprint density at radius 1 is 1.24 bits per heavy atom. The van der Waals surface area contributed by atoms with Gasteiger partial charge in [-0.3, -0.25) is 9.89 Å². The number of H-pyrrole nitrogens is 1. The first-order chi connectivity index (χ1) is 12.0. The van der Waals surface area contributed by atoms with Crippen molar-refractivity contribution in [2.75, 3.05) is 20.6 Å². The molecule has 0 amide bonds. The van der Waals surface area contributed by atoms with Crippen LogP contribution in [0, 0.1) is 6.92 Å². The number of nitrogens with one attached hydrogen (secondary N) is 1. The zero-order valence-corrected chi connectivity index (χ0v) is 14.7. The molecule has 0 aliphatic rings. The molecule has 0 saturated heterocycles. The van der Waals surface area contributed by atoms with Crippen LogP contribution in [-0.4, -0.2) is 51.6 Å². The molecule has 0 radical (unpaired) electrons. The number of pyridine rings is 1. The number of aromatic nitrogens is 3. The minimum Gasteiger partial charge on any atom is -0.508 e. The third-order valence-electron chi connectivity index (χ3n) is 4.18. The van der Waals surface area contributed by atoms with E-state index >= 15 is 0 Å². The van der Waals surface area contributed by atoms with E-state index in [1.807, 2.05) is 27.1 Å². The van der Waals surface area contributed by atoms with Gasteiger partial charge in [-0.05, 0) is 64.3 Å². The summed E-state index contributed by atoms with van der Waals surface area (Å²) in [5.74, 6) is 0.291. The topological polar surface area (TPSA) is 82.1 Å². The summed E-state index contributed by atoms with van der Waals surface area (Å²) < 4.78 is 0. The Balaban J connectivity index is 2.01. The molecule has 0 aliphatic carbocycles. The zero-order chi connectivity index (χ0) is 18.0. The molecule has 25 heavy (non-hydrogen) atoms. The quantitative estimate of drug-likeness (QED) is 0.675. The minimum absolute atomic E-state index is 0.0961. The van der Waals surface area contributed by atoms with E-state index in [0.717, 1.165) is 29.6 Å². The SMILES string of the molecule is Cc1[nH]nc2nc(-c3ccc(O)cc3)cc(C(=O)CCCN(C)C)c12. The molecule has 0 atom stereocenters. The highest BCUT2D eigenvalue weighted by Crippen LogP contribution is 2.27. The monoisotopic (exact) mass is 338 g/mol.